The Morgan fingerprint density at radius 1 is 0.519 bits per heavy atom. The molecule has 0 fully saturated rings. The zero-order chi connectivity index (χ0) is 36.9. The van der Waals surface area contributed by atoms with Crippen LogP contribution in [0.4, 0.5) is 28.4 Å². The van der Waals surface area contributed by atoms with Gasteiger partial charge >= 0.3 is 88.7 Å². The number of nitrogen functional groups attached to an aromatic ring is 1. The quantitative estimate of drug-likeness (QED) is 0.0608. The molecule has 4 N–H and O–H groups in total. The minimum atomic E-state index is -5.24. The van der Waals surface area contributed by atoms with Gasteiger partial charge in [0, 0.05) is 16.5 Å². The number of anilines is 1. The van der Waals surface area contributed by atoms with Crippen LogP contribution in [0.5, 0.6) is 11.5 Å². The summed E-state index contributed by atoms with van der Waals surface area (Å²) in [6.45, 7) is 0. The smallest absolute Gasteiger partial charge is 0.744 e. The number of nitrogens with two attached hydrogens (primary N) is 1. The summed E-state index contributed by atoms with van der Waals surface area (Å²) >= 11 is 0. The van der Waals surface area contributed by atoms with Gasteiger partial charge in [-0.3, -0.25) is 0 Å². The molecule has 0 unspecified atom stereocenters. The summed E-state index contributed by atoms with van der Waals surface area (Å²) in [5.41, 5.74) is 7.00. The van der Waals surface area contributed by atoms with Crippen LogP contribution in [0.2, 0.25) is 0 Å². The van der Waals surface area contributed by atoms with Crippen molar-refractivity contribution in [2.24, 2.45) is 20.5 Å². The Balaban J connectivity index is 0.00000261. The van der Waals surface area contributed by atoms with Crippen molar-refractivity contribution in [1.29, 1.82) is 0 Å². The molecule has 16 nitrogen and oxygen atoms in total. The van der Waals surface area contributed by atoms with Crippen LogP contribution < -0.4 is 94.4 Å². The van der Waals surface area contributed by atoms with Crippen molar-refractivity contribution in [3.63, 3.8) is 0 Å². The van der Waals surface area contributed by atoms with Crippen LogP contribution in [0.25, 0.3) is 32.7 Å². The summed E-state index contributed by atoms with van der Waals surface area (Å²) in [7, 11) is -15.2. The molecule has 0 aromatic heterocycles. The zero-order valence-corrected chi connectivity index (χ0v) is 36.8. The third-order valence-electron chi connectivity index (χ3n) is 7.58. The van der Waals surface area contributed by atoms with E-state index in [0.29, 0.717) is 16.8 Å². The first kappa shape index (κ1) is 45.6. The fourth-order valence-electron chi connectivity index (χ4n) is 5.24. The maximum absolute atomic E-state index is 12.0. The van der Waals surface area contributed by atoms with Gasteiger partial charge in [0.2, 0.25) is 0 Å². The van der Waals surface area contributed by atoms with E-state index in [2.05, 4.69) is 20.5 Å². The Morgan fingerprint density at radius 3 is 1.56 bits per heavy atom. The maximum Gasteiger partial charge on any atom is 1.00 e. The molecule has 0 bridgehead atoms. The Labute approximate surface area is 374 Å². The molecule has 6 rings (SSSR count). The molecule has 0 aliphatic carbocycles. The molecule has 54 heavy (non-hydrogen) atoms. The van der Waals surface area contributed by atoms with Gasteiger partial charge in [0.05, 0.1) is 31.4 Å². The Bertz CT molecular complexity index is 2810. The number of hydrogen-bond donors (Lipinski definition) is 3. The number of phenolic OH excluding ortho intramolecular Hbond substituents is 2. The summed E-state index contributed by atoms with van der Waals surface area (Å²) in [6.07, 6.45) is 0. The molecule has 260 valence electrons. The summed E-state index contributed by atoms with van der Waals surface area (Å²) in [5.74, 6) is -1.49. The summed E-state index contributed by atoms with van der Waals surface area (Å²) in [4.78, 5) is -2.36. The fraction of sp³-hybridized carbons (Fsp3) is 0. The van der Waals surface area contributed by atoms with Gasteiger partial charge in [-0.15, -0.1) is 10.2 Å². The van der Waals surface area contributed by atoms with Crippen LogP contribution in [-0.2, 0) is 30.4 Å². The molecule has 0 saturated carbocycles. The predicted molar refractivity (Wildman–Crippen MR) is 180 cm³/mol. The number of aromatic hydroxyl groups is 2. The number of phenols is 2. The van der Waals surface area contributed by atoms with Gasteiger partial charge in [0.25, 0.3) is 0 Å². The van der Waals surface area contributed by atoms with E-state index in [0.717, 1.165) is 24.3 Å². The molecule has 0 atom stereocenters. The molecule has 6 aromatic carbocycles. The Kier molecular flexibility index (Phi) is 14.8. The van der Waals surface area contributed by atoms with E-state index >= 15 is 0 Å². The van der Waals surface area contributed by atoms with Gasteiger partial charge in [-0.25, -0.2) is 25.3 Å². The van der Waals surface area contributed by atoms with Crippen LogP contribution in [0.3, 0.4) is 0 Å². The Morgan fingerprint density at radius 2 is 1.04 bits per heavy atom. The van der Waals surface area contributed by atoms with E-state index in [1.165, 1.54) is 36.4 Å². The molecule has 0 spiro atoms. The number of hydrogen-bond acceptors (Lipinski definition) is 16. The van der Waals surface area contributed by atoms with E-state index in [-0.39, 0.29) is 122 Å². The van der Waals surface area contributed by atoms with Crippen LogP contribution in [0.15, 0.2) is 132 Å². The van der Waals surface area contributed by atoms with Crippen molar-refractivity contribution >= 4 is 80.3 Å². The van der Waals surface area contributed by atoms with E-state index in [1.807, 2.05) is 0 Å². The van der Waals surface area contributed by atoms with E-state index in [4.69, 9.17) is 5.73 Å². The van der Waals surface area contributed by atoms with Crippen LogP contribution >= 0.6 is 0 Å². The first-order valence-electron chi connectivity index (χ1n) is 14.2. The van der Waals surface area contributed by atoms with Crippen molar-refractivity contribution in [2.45, 2.75) is 14.7 Å². The predicted octanol–water partition coefficient (Wildman–Crippen LogP) is -2.79. The topological polar surface area (TPSA) is 288 Å². The van der Waals surface area contributed by atoms with E-state index < -0.39 is 67.6 Å². The van der Waals surface area contributed by atoms with Gasteiger partial charge in [0.15, 0.2) is 11.5 Å². The van der Waals surface area contributed by atoms with E-state index in [1.54, 1.807) is 36.4 Å². The molecular weight excluding hydrogens is 796 g/mol. The number of nitrogens with zero attached hydrogens (tertiary/aromatic N) is 4. The number of rotatable bonds is 8. The fourth-order valence-corrected chi connectivity index (χ4v) is 7.27. The number of fused-ring (bicyclic) bond motifs is 2. The minimum absolute atomic E-state index is 0. The van der Waals surface area contributed by atoms with Gasteiger partial charge < -0.3 is 29.6 Å². The second-order valence-electron chi connectivity index (χ2n) is 10.8. The van der Waals surface area contributed by atoms with Crippen molar-refractivity contribution in [3.05, 3.63) is 97.1 Å². The molecule has 0 amide bonds. The third-order valence-corrected chi connectivity index (χ3v) is 10.2. The normalized spacial score (nSPS) is 12.1. The van der Waals surface area contributed by atoms with Crippen LogP contribution in [0.1, 0.15) is 0 Å². The average Bonchev–Trinajstić information content (AvgIpc) is 3.06. The molecule has 0 saturated heterocycles. The van der Waals surface area contributed by atoms with Crippen LogP contribution in [0, 0.1) is 0 Å². The Hall–Kier alpha value is -2.83. The van der Waals surface area contributed by atoms with Crippen molar-refractivity contribution in [1.82, 2.24) is 0 Å². The first-order valence-corrected chi connectivity index (χ1v) is 18.4. The minimum Gasteiger partial charge on any atom is -0.744 e. The molecular formula is C32H20N5Na3O11S3. The largest absolute Gasteiger partial charge is 1.00 e. The zero-order valence-electron chi connectivity index (χ0n) is 28.4. The second kappa shape index (κ2) is 17.5. The molecule has 22 heteroatoms. The van der Waals surface area contributed by atoms with Gasteiger partial charge in [-0.1, -0.05) is 42.5 Å². The average molecular weight is 816 g/mol. The summed E-state index contributed by atoms with van der Waals surface area (Å²) in [6, 6.07) is 21.8. The summed E-state index contributed by atoms with van der Waals surface area (Å²) in [5, 5.41) is 36.5. The van der Waals surface area contributed by atoms with Gasteiger partial charge in [0.1, 0.15) is 41.7 Å². The number of benzene rings is 6. The molecule has 0 aliphatic heterocycles. The molecule has 0 heterocycles. The maximum atomic E-state index is 12.0. The molecule has 6 aromatic rings. The third kappa shape index (κ3) is 9.57. The van der Waals surface area contributed by atoms with Crippen molar-refractivity contribution in [3.8, 4) is 22.6 Å². The monoisotopic (exact) mass is 815 g/mol. The van der Waals surface area contributed by atoms with Gasteiger partial charge in [-0.05, 0) is 71.1 Å². The van der Waals surface area contributed by atoms with Gasteiger partial charge in [-0.2, -0.15) is 10.2 Å². The molecule has 0 aliphatic rings. The van der Waals surface area contributed by atoms with Crippen molar-refractivity contribution in [2.75, 3.05) is 5.73 Å². The summed E-state index contributed by atoms with van der Waals surface area (Å²) < 4.78 is 106. The SMILES string of the molecule is Nc1ccc(S(=O)(=O)[O-])c2ccc(N=Nc3ccc(-c4ccc(N=Nc5c(S(=O)(=O)[O-])cc6cccc(S(=O)(=O)[O-])c6c5O)cc4)cc3)c(O)c12.[Na+].[Na+].[Na+]. The number of azo groups is 2. The standard InChI is InChI=1S/C32H23N5O11S3.3Na/c33-23-13-15-25(49(40,41)42)22-12-14-24(31(38)29(22)23)36-34-20-8-4-17(5-9-20)18-6-10-21(11-7-18)35-37-30-27(51(46,47)48)16-19-2-1-3-26(50(43,44)45)28(19)32(30)39;;;/h1-16,38-39H,33H2,(H,40,41,42)(H,43,44,45)(H,46,47,48);;;/q;3*+1/p-3. The van der Waals surface area contributed by atoms with Crippen LogP contribution in [-0.4, -0.2) is 49.1 Å². The van der Waals surface area contributed by atoms with Crippen molar-refractivity contribution < 1.29 is 138 Å². The first-order chi connectivity index (χ1) is 23.9. The second-order valence-corrected chi connectivity index (χ2v) is 14.8. The van der Waals surface area contributed by atoms with E-state index in [9.17, 15) is 49.1 Å². The molecule has 0 radical (unpaired) electrons.